The molecule has 2 fully saturated rings. The minimum Gasteiger partial charge on any atom is -0.368 e. The van der Waals surface area contributed by atoms with Gasteiger partial charge in [0.25, 0.3) is 0 Å². The van der Waals surface area contributed by atoms with Crippen LogP contribution in [0.1, 0.15) is 55.9 Å². The predicted octanol–water partition coefficient (Wildman–Crippen LogP) is 8.03. The third-order valence-corrected chi connectivity index (χ3v) is 8.82. The van der Waals surface area contributed by atoms with Crippen molar-refractivity contribution in [3.8, 4) is 0 Å². The van der Waals surface area contributed by atoms with Crippen LogP contribution in [0.3, 0.4) is 0 Å². The van der Waals surface area contributed by atoms with Gasteiger partial charge < -0.3 is 28.4 Å². The van der Waals surface area contributed by atoms with E-state index in [0.29, 0.717) is 32.8 Å². The van der Waals surface area contributed by atoms with E-state index in [1.165, 1.54) is 0 Å². The van der Waals surface area contributed by atoms with Crippen LogP contribution < -0.4 is 0 Å². The highest BCUT2D eigenvalue weighted by molar-refractivity contribution is 5.20. The molecular formula is C40H46O6. The van der Waals surface area contributed by atoms with E-state index in [2.05, 4.69) is 55.5 Å². The molecule has 6 unspecified atom stereocenters. The van der Waals surface area contributed by atoms with Crippen LogP contribution in [0.4, 0.5) is 0 Å². The van der Waals surface area contributed by atoms with Crippen molar-refractivity contribution in [1.82, 2.24) is 0 Å². The minimum atomic E-state index is -0.860. The summed E-state index contributed by atoms with van der Waals surface area (Å²) in [5.41, 5.74) is 3.47. The highest BCUT2D eigenvalue weighted by Gasteiger charge is 2.68. The molecule has 0 aromatic heterocycles. The fourth-order valence-corrected chi connectivity index (χ4v) is 6.90. The average Bonchev–Trinajstić information content (AvgIpc) is 3.37. The number of hydrogen-bond acceptors (Lipinski definition) is 6. The zero-order chi connectivity index (χ0) is 31.8. The maximum absolute atomic E-state index is 6.99. The largest absolute Gasteiger partial charge is 0.368 e. The molecule has 1 heterocycles. The van der Waals surface area contributed by atoms with Crippen molar-refractivity contribution < 1.29 is 28.4 Å². The Labute approximate surface area is 273 Å². The number of fused-ring (bicyclic) bond motifs is 1. The van der Waals surface area contributed by atoms with Crippen molar-refractivity contribution in [2.75, 3.05) is 0 Å². The molecular weight excluding hydrogens is 576 g/mol. The number of hydrogen-bond donors (Lipinski definition) is 0. The van der Waals surface area contributed by atoms with Crippen LogP contribution in [-0.4, -0.2) is 41.9 Å². The first-order chi connectivity index (χ1) is 22.5. The Morgan fingerprint density at radius 2 is 0.913 bits per heavy atom. The van der Waals surface area contributed by atoms with Crippen LogP contribution in [0.25, 0.3) is 0 Å². The molecule has 6 atom stereocenters. The molecule has 6 heteroatoms. The Bertz CT molecular complexity index is 1470. The maximum atomic E-state index is 6.99. The molecule has 0 bridgehead atoms. The summed E-state index contributed by atoms with van der Waals surface area (Å²) >= 11 is 0. The standard InChI is InChI=1S/C40H46O6/c1-4-25-40-37(44-29-33-23-15-8-16-24-33)35(42-27-31-19-11-6-12-20-31)34(41-26-30-17-9-5-10-18-30)36(38(40)45-39(2,3)46-40)43-28-32-21-13-7-14-22-32/h5-24,34-38H,4,25-29H2,1-3H3. The molecule has 6 nitrogen and oxygen atoms in total. The molecule has 4 aromatic carbocycles. The van der Waals surface area contributed by atoms with Gasteiger partial charge in [0.2, 0.25) is 0 Å². The number of benzene rings is 4. The lowest BCUT2D eigenvalue weighted by Gasteiger charge is -2.53. The van der Waals surface area contributed by atoms with Crippen molar-refractivity contribution >= 4 is 0 Å². The summed E-state index contributed by atoms with van der Waals surface area (Å²) < 4.78 is 41.5. The van der Waals surface area contributed by atoms with Crippen LogP contribution in [0, 0.1) is 0 Å². The van der Waals surface area contributed by atoms with E-state index >= 15 is 0 Å². The van der Waals surface area contributed by atoms with Gasteiger partial charge in [0, 0.05) is 0 Å². The van der Waals surface area contributed by atoms with Gasteiger partial charge in [0.1, 0.15) is 36.1 Å². The van der Waals surface area contributed by atoms with Gasteiger partial charge in [-0.1, -0.05) is 135 Å². The molecule has 0 amide bonds. The predicted molar refractivity (Wildman–Crippen MR) is 178 cm³/mol. The molecule has 1 aliphatic heterocycles. The number of ether oxygens (including phenoxy) is 6. The van der Waals surface area contributed by atoms with Gasteiger partial charge in [-0.05, 0) is 42.5 Å². The van der Waals surface area contributed by atoms with E-state index in [0.717, 1.165) is 28.7 Å². The third-order valence-electron chi connectivity index (χ3n) is 8.82. The summed E-state index contributed by atoms with van der Waals surface area (Å²) in [5, 5.41) is 0. The minimum absolute atomic E-state index is 0.393. The van der Waals surface area contributed by atoms with E-state index < -0.39 is 41.9 Å². The Morgan fingerprint density at radius 1 is 0.522 bits per heavy atom. The monoisotopic (exact) mass is 622 g/mol. The van der Waals surface area contributed by atoms with E-state index in [1.54, 1.807) is 0 Å². The molecule has 1 saturated heterocycles. The molecule has 46 heavy (non-hydrogen) atoms. The average molecular weight is 623 g/mol. The van der Waals surface area contributed by atoms with E-state index in [-0.39, 0.29) is 0 Å². The normalized spacial score (nSPS) is 26.9. The van der Waals surface area contributed by atoms with Crippen LogP contribution in [0.5, 0.6) is 0 Å². The molecule has 0 radical (unpaired) electrons. The summed E-state index contributed by atoms with van der Waals surface area (Å²) in [7, 11) is 0. The fourth-order valence-electron chi connectivity index (χ4n) is 6.90. The molecule has 0 N–H and O–H groups in total. The van der Waals surface area contributed by atoms with Crippen LogP contribution >= 0.6 is 0 Å². The van der Waals surface area contributed by atoms with Crippen molar-refractivity contribution in [2.24, 2.45) is 0 Å². The lowest BCUT2D eigenvalue weighted by atomic mass is 9.72. The van der Waals surface area contributed by atoms with Gasteiger partial charge in [-0.15, -0.1) is 0 Å². The first-order valence-corrected chi connectivity index (χ1v) is 16.5. The van der Waals surface area contributed by atoms with Gasteiger partial charge in [-0.2, -0.15) is 0 Å². The third kappa shape index (κ3) is 7.60. The van der Waals surface area contributed by atoms with Gasteiger partial charge in [0.05, 0.1) is 26.4 Å². The van der Waals surface area contributed by atoms with Crippen LogP contribution in [0.15, 0.2) is 121 Å². The highest BCUT2D eigenvalue weighted by Crippen LogP contribution is 2.51. The summed E-state index contributed by atoms with van der Waals surface area (Å²) in [6, 6.07) is 40.9. The molecule has 242 valence electrons. The molecule has 6 rings (SSSR count). The smallest absolute Gasteiger partial charge is 0.164 e. The van der Waals surface area contributed by atoms with E-state index in [9.17, 15) is 0 Å². The second kappa shape index (κ2) is 15.0. The van der Waals surface area contributed by atoms with Crippen molar-refractivity contribution in [3.63, 3.8) is 0 Å². The zero-order valence-corrected chi connectivity index (χ0v) is 27.1. The topological polar surface area (TPSA) is 55.4 Å². The first-order valence-electron chi connectivity index (χ1n) is 16.5. The molecule has 2 aliphatic rings. The summed E-state index contributed by atoms with van der Waals surface area (Å²) in [5.74, 6) is -0.860. The Kier molecular flexibility index (Phi) is 10.6. The Hall–Kier alpha value is -3.36. The Morgan fingerprint density at radius 3 is 1.35 bits per heavy atom. The lowest BCUT2D eigenvalue weighted by Crippen LogP contribution is -2.71. The van der Waals surface area contributed by atoms with E-state index in [4.69, 9.17) is 28.4 Å². The summed E-state index contributed by atoms with van der Waals surface area (Å²) in [4.78, 5) is 0. The van der Waals surface area contributed by atoms with Gasteiger partial charge in [-0.25, -0.2) is 0 Å². The molecule has 0 spiro atoms. The number of rotatable bonds is 14. The van der Waals surface area contributed by atoms with Crippen molar-refractivity contribution in [2.45, 2.75) is 102 Å². The van der Waals surface area contributed by atoms with E-state index in [1.807, 2.05) is 86.6 Å². The zero-order valence-electron chi connectivity index (χ0n) is 27.1. The molecule has 1 aliphatic carbocycles. The first kappa shape index (κ1) is 32.6. The van der Waals surface area contributed by atoms with Crippen molar-refractivity contribution in [1.29, 1.82) is 0 Å². The second-order valence-corrected chi connectivity index (χ2v) is 12.7. The van der Waals surface area contributed by atoms with Crippen molar-refractivity contribution in [3.05, 3.63) is 144 Å². The summed E-state index contributed by atoms with van der Waals surface area (Å²) in [6.07, 6.45) is -0.899. The van der Waals surface area contributed by atoms with Gasteiger partial charge in [-0.3, -0.25) is 0 Å². The highest BCUT2D eigenvalue weighted by atomic mass is 16.8. The van der Waals surface area contributed by atoms with Crippen LogP contribution in [0.2, 0.25) is 0 Å². The van der Waals surface area contributed by atoms with Gasteiger partial charge in [0.15, 0.2) is 5.79 Å². The van der Waals surface area contributed by atoms with Gasteiger partial charge >= 0.3 is 0 Å². The SMILES string of the molecule is CCCC12OC(C)(C)OC1C(OCc1ccccc1)C(OCc1ccccc1)C(OCc1ccccc1)C2OCc1ccccc1. The fraction of sp³-hybridized carbons (Fsp3) is 0.400. The molecule has 4 aromatic rings. The second-order valence-electron chi connectivity index (χ2n) is 12.7. The lowest BCUT2D eigenvalue weighted by molar-refractivity contribution is -0.284. The molecule has 1 saturated carbocycles. The van der Waals surface area contributed by atoms with Crippen LogP contribution in [-0.2, 0) is 54.8 Å². The summed E-state index contributed by atoms with van der Waals surface area (Å²) in [6.45, 7) is 7.72. The maximum Gasteiger partial charge on any atom is 0.164 e. The quantitative estimate of drug-likeness (QED) is 0.142. The Balaban J connectivity index is 1.42.